The van der Waals surface area contributed by atoms with E-state index >= 15 is 0 Å². The van der Waals surface area contributed by atoms with E-state index in [1.165, 1.54) is 31.3 Å². The van der Waals surface area contributed by atoms with Gasteiger partial charge in [-0.3, -0.25) is 4.68 Å². The largest absolute Gasteiger partial charge is 0.393 e. The lowest BCUT2D eigenvalue weighted by Crippen LogP contribution is -2.54. The highest BCUT2D eigenvalue weighted by molar-refractivity contribution is 5.54. The van der Waals surface area contributed by atoms with Gasteiger partial charge in [0.1, 0.15) is 0 Å². The van der Waals surface area contributed by atoms with Crippen molar-refractivity contribution in [3.8, 4) is 0 Å². The second-order valence-electron chi connectivity index (χ2n) is 10.9. The maximum Gasteiger partial charge on any atom is 0.0809 e. The van der Waals surface area contributed by atoms with Gasteiger partial charge in [-0.1, -0.05) is 19.9 Å². The van der Waals surface area contributed by atoms with Gasteiger partial charge >= 0.3 is 0 Å². The SMILES string of the molecule is Cn1cc(/C=C2\CC3C4CCC5CC(O)CCC5(C)C4CCC3(C)C2O)cn1. The summed E-state index contributed by atoms with van der Waals surface area (Å²) in [6.07, 6.45) is 14.9. The number of aryl methyl sites for hydroxylation is 1. The van der Waals surface area contributed by atoms with Crippen LogP contribution in [0.1, 0.15) is 70.8 Å². The third-order valence-electron chi connectivity index (χ3n) is 9.58. The van der Waals surface area contributed by atoms with E-state index in [0.717, 1.165) is 43.1 Å². The molecule has 4 nitrogen and oxygen atoms in total. The Hall–Kier alpha value is -1.13. The monoisotopic (exact) mass is 384 g/mol. The van der Waals surface area contributed by atoms with Crippen LogP contribution in [0.15, 0.2) is 18.0 Å². The lowest BCUT2D eigenvalue weighted by Gasteiger charge is -2.60. The smallest absolute Gasteiger partial charge is 0.0809 e. The predicted octanol–water partition coefficient (Wildman–Crippen LogP) is 4.18. The van der Waals surface area contributed by atoms with E-state index in [9.17, 15) is 10.2 Å². The molecule has 4 aliphatic rings. The van der Waals surface area contributed by atoms with Crippen molar-refractivity contribution in [3.63, 3.8) is 0 Å². The zero-order chi connectivity index (χ0) is 19.7. The van der Waals surface area contributed by atoms with Crippen LogP contribution in [0.4, 0.5) is 0 Å². The van der Waals surface area contributed by atoms with E-state index < -0.39 is 0 Å². The van der Waals surface area contributed by atoms with E-state index in [-0.39, 0.29) is 17.6 Å². The molecule has 8 atom stereocenters. The van der Waals surface area contributed by atoms with Crippen molar-refractivity contribution in [2.75, 3.05) is 0 Å². The van der Waals surface area contributed by atoms with Gasteiger partial charge in [0.2, 0.25) is 0 Å². The first-order valence-electron chi connectivity index (χ1n) is 11.4. The topological polar surface area (TPSA) is 58.3 Å². The van der Waals surface area contributed by atoms with Crippen molar-refractivity contribution in [2.24, 2.45) is 41.5 Å². The molecule has 5 rings (SSSR count). The molecule has 1 heterocycles. The second-order valence-corrected chi connectivity index (χ2v) is 10.9. The quantitative estimate of drug-likeness (QED) is 0.764. The lowest BCUT2D eigenvalue weighted by atomic mass is 9.45. The first-order valence-corrected chi connectivity index (χ1v) is 11.4. The van der Waals surface area contributed by atoms with Crippen LogP contribution in [-0.2, 0) is 7.05 Å². The summed E-state index contributed by atoms with van der Waals surface area (Å²) in [6, 6.07) is 0. The van der Waals surface area contributed by atoms with Crippen LogP contribution in [0.5, 0.6) is 0 Å². The number of hydrogen-bond donors (Lipinski definition) is 2. The Bertz CT molecular complexity index is 785. The molecule has 0 spiro atoms. The van der Waals surface area contributed by atoms with Gasteiger partial charge in [0, 0.05) is 24.2 Å². The van der Waals surface area contributed by atoms with Gasteiger partial charge in [0.05, 0.1) is 18.4 Å². The minimum atomic E-state index is -0.322. The molecule has 1 aromatic heterocycles. The van der Waals surface area contributed by atoms with Gasteiger partial charge in [-0.05, 0) is 86.0 Å². The Labute approximate surface area is 169 Å². The van der Waals surface area contributed by atoms with Gasteiger partial charge in [-0.2, -0.15) is 5.10 Å². The molecule has 4 heteroatoms. The molecular formula is C24H36N2O2. The zero-order valence-electron chi connectivity index (χ0n) is 17.6. The Balaban J connectivity index is 1.44. The first-order chi connectivity index (χ1) is 13.3. The highest BCUT2D eigenvalue weighted by Crippen LogP contribution is 2.67. The summed E-state index contributed by atoms with van der Waals surface area (Å²) >= 11 is 0. The number of nitrogens with zero attached hydrogens (tertiary/aromatic N) is 2. The van der Waals surface area contributed by atoms with Crippen molar-refractivity contribution in [3.05, 3.63) is 23.5 Å². The molecule has 154 valence electrons. The van der Waals surface area contributed by atoms with Crippen molar-refractivity contribution >= 4 is 6.08 Å². The normalized spacial score (nSPS) is 49.5. The minimum absolute atomic E-state index is 0.0204. The molecule has 4 saturated carbocycles. The Morgan fingerprint density at radius 3 is 2.61 bits per heavy atom. The summed E-state index contributed by atoms with van der Waals surface area (Å²) in [5.41, 5.74) is 2.73. The highest BCUT2D eigenvalue weighted by Gasteiger charge is 2.61. The number of fused-ring (bicyclic) bond motifs is 5. The molecule has 4 aliphatic carbocycles. The third kappa shape index (κ3) is 2.67. The average Bonchev–Trinajstić information content (AvgIpc) is 3.18. The molecule has 0 amide bonds. The van der Waals surface area contributed by atoms with E-state index in [1.54, 1.807) is 0 Å². The van der Waals surface area contributed by atoms with E-state index in [4.69, 9.17) is 0 Å². The molecule has 2 N–H and O–H groups in total. The van der Waals surface area contributed by atoms with Crippen molar-refractivity contribution in [2.45, 2.75) is 77.4 Å². The molecule has 0 saturated heterocycles. The predicted molar refractivity (Wildman–Crippen MR) is 110 cm³/mol. The van der Waals surface area contributed by atoms with Crippen LogP contribution in [0.25, 0.3) is 6.08 Å². The van der Waals surface area contributed by atoms with Gasteiger partial charge < -0.3 is 10.2 Å². The van der Waals surface area contributed by atoms with Gasteiger partial charge in [-0.25, -0.2) is 0 Å². The zero-order valence-corrected chi connectivity index (χ0v) is 17.6. The fraction of sp³-hybridized carbons (Fsp3) is 0.792. The maximum atomic E-state index is 11.3. The number of aliphatic hydroxyl groups is 2. The van der Waals surface area contributed by atoms with Crippen molar-refractivity contribution in [1.29, 1.82) is 0 Å². The molecule has 0 radical (unpaired) electrons. The number of rotatable bonds is 1. The highest BCUT2D eigenvalue weighted by atomic mass is 16.3. The van der Waals surface area contributed by atoms with Gasteiger partial charge in [-0.15, -0.1) is 0 Å². The Kier molecular flexibility index (Phi) is 4.34. The summed E-state index contributed by atoms with van der Waals surface area (Å²) in [6.45, 7) is 4.88. The van der Waals surface area contributed by atoms with Gasteiger partial charge in [0.15, 0.2) is 0 Å². The average molecular weight is 385 g/mol. The number of aliphatic hydroxyl groups excluding tert-OH is 2. The molecule has 0 aromatic carbocycles. The molecule has 4 fully saturated rings. The summed E-state index contributed by atoms with van der Waals surface area (Å²) in [5.74, 6) is 2.78. The lowest BCUT2D eigenvalue weighted by molar-refractivity contribution is -0.133. The van der Waals surface area contributed by atoms with Crippen LogP contribution in [0.3, 0.4) is 0 Å². The second kappa shape index (κ2) is 6.43. The minimum Gasteiger partial charge on any atom is -0.393 e. The summed E-state index contributed by atoms with van der Waals surface area (Å²) in [4.78, 5) is 0. The molecule has 0 bridgehead atoms. The van der Waals surface area contributed by atoms with Crippen molar-refractivity contribution < 1.29 is 10.2 Å². The summed E-state index contributed by atoms with van der Waals surface area (Å²) < 4.78 is 1.83. The summed E-state index contributed by atoms with van der Waals surface area (Å²) in [7, 11) is 1.94. The molecule has 1 aromatic rings. The summed E-state index contributed by atoms with van der Waals surface area (Å²) in [5, 5.41) is 25.8. The van der Waals surface area contributed by atoms with Crippen molar-refractivity contribution in [1.82, 2.24) is 9.78 Å². The maximum absolute atomic E-state index is 11.3. The molecular weight excluding hydrogens is 348 g/mol. The van der Waals surface area contributed by atoms with E-state index in [0.29, 0.717) is 17.3 Å². The standard InChI is InChI=1S/C24H36N2O2/c1-23-8-6-18(27)12-17(23)4-5-19-20(23)7-9-24(2)21(19)11-16(22(24)28)10-15-13-25-26(3)14-15/h10,13-14,17-22,27-28H,4-9,11-12H2,1-3H3/b16-10+. The van der Waals surface area contributed by atoms with E-state index in [1.807, 2.05) is 24.1 Å². The first kappa shape index (κ1) is 18.9. The number of aromatic nitrogens is 2. The molecule has 28 heavy (non-hydrogen) atoms. The van der Waals surface area contributed by atoms with Crippen LogP contribution >= 0.6 is 0 Å². The van der Waals surface area contributed by atoms with Crippen LogP contribution < -0.4 is 0 Å². The van der Waals surface area contributed by atoms with Gasteiger partial charge in [0.25, 0.3) is 0 Å². The fourth-order valence-electron chi connectivity index (χ4n) is 7.96. The Morgan fingerprint density at radius 1 is 1.07 bits per heavy atom. The fourth-order valence-corrected chi connectivity index (χ4v) is 7.96. The molecule has 8 unspecified atom stereocenters. The third-order valence-corrected chi connectivity index (χ3v) is 9.58. The number of hydrogen-bond acceptors (Lipinski definition) is 3. The van der Waals surface area contributed by atoms with Crippen LogP contribution in [0, 0.1) is 34.5 Å². The van der Waals surface area contributed by atoms with Crippen LogP contribution in [-0.4, -0.2) is 32.2 Å². The Morgan fingerprint density at radius 2 is 1.86 bits per heavy atom. The van der Waals surface area contributed by atoms with Crippen LogP contribution in [0.2, 0.25) is 0 Å². The van der Waals surface area contributed by atoms with E-state index in [2.05, 4.69) is 25.0 Å². The molecule has 0 aliphatic heterocycles.